The molecule has 2 aromatic carbocycles. The van der Waals surface area contributed by atoms with E-state index in [1.54, 1.807) is 0 Å². The number of aromatic amines is 1. The van der Waals surface area contributed by atoms with Crippen molar-refractivity contribution in [3.05, 3.63) is 59.9 Å². The van der Waals surface area contributed by atoms with E-state index < -0.39 is 10.0 Å². The molecule has 0 aliphatic heterocycles. The van der Waals surface area contributed by atoms with Crippen molar-refractivity contribution in [3.63, 3.8) is 0 Å². The number of carbonyl (C=O) groups excluding carboxylic acids is 1. The second-order valence-electron chi connectivity index (χ2n) is 6.04. The van der Waals surface area contributed by atoms with Crippen LogP contribution in [0.15, 0.2) is 53.4 Å². The highest BCUT2D eigenvalue weighted by Crippen LogP contribution is 2.12. The number of fused-ring (bicyclic) bond motifs is 1. The quantitative estimate of drug-likeness (QED) is 0.499. The van der Waals surface area contributed by atoms with Crippen LogP contribution in [0.5, 0.6) is 0 Å². The van der Waals surface area contributed by atoms with Gasteiger partial charge in [0.25, 0.3) is 5.91 Å². The van der Waals surface area contributed by atoms with E-state index in [0.717, 1.165) is 16.9 Å². The average molecular weight is 397 g/mol. The first-order valence-corrected chi connectivity index (χ1v) is 10.2. The minimum atomic E-state index is -3.69. The number of nitrogens with zero attached hydrogens (tertiary/aromatic N) is 2. The van der Waals surface area contributed by atoms with E-state index in [-0.39, 0.29) is 23.8 Å². The predicted octanol–water partition coefficient (Wildman–Crippen LogP) is 1.73. The molecule has 3 rings (SSSR count). The molecular formula is C19H19N5O3S. The minimum Gasteiger partial charge on any atom is -0.352 e. The van der Waals surface area contributed by atoms with Crippen LogP contribution in [-0.2, 0) is 16.4 Å². The van der Waals surface area contributed by atoms with E-state index in [4.69, 9.17) is 5.26 Å². The molecule has 144 valence electrons. The van der Waals surface area contributed by atoms with Gasteiger partial charge in [-0.15, -0.1) is 0 Å². The van der Waals surface area contributed by atoms with Crippen molar-refractivity contribution in [1.82, 2.24) is 20.0 Å². The summed E-state index contributed by atoms with van der Waals surface area (Å²) in [6, 6.07) is 15.2. The summed E-state index contributed by atoms with van der Waals surface area (Å²) in [5.41, 5.74) is 2.19. The minimum absolute atomic E-state index is 0.0445. The van der Waals surface area contributed by atoms with Gasteiger partial charge in [-0.3, -0.25) is 4.79 Å². The Bertz CT molecular complexity index is 1080. The van der Waals surface area contributed by atoms with Gasteiger partial charge in [-0.05, 0) is 36.4 Å². The number of imidazole rings is 1. The van der Waals surface area contributed by atoms with Gasteiger partial charge in [0.1, 0.15) is 5.82 Å². The Balaban J connectivity index is 1.55. The number of rotatable bonds is 8. The lowest BCUT2D eigenvalue weighted by atomic mass is 10.2. The second-order valence-corrected chi connectivity index (χ2v) is 7.80. The first-order valence-electron chi connectivity index (χ1n) is 8.68. The van der Waals surface area contributed by atoms with Gasteiger partial charge < -0.3 is 10.3 Å². The first kappa shape index (κ1) is 19.5. The molecule has 0 unspecified atom stereocenters. The highest BCUT2D eigenvalue weighted by atomic mass is 32.2. The van der Waals surface area contributed by atoms with Crippen LogP contribution in [-0.4, -0.2) is 37.4 Å². The predicted molar refractivity (Wildman–Crippen MR) is 104 cm³/mol. The first-order chi connectivity index (χ1) is 13.5. The summed E-state index contributed by atoms with van der Waals surface area (Å²) in [6.45, 7) is 0.442. The summed E-state index contributed by atoms with van der Waals surface area (Å²) in [5.74, 6) is 0.490. The van der Waals surface area contributed by atoms with Crippen molar-refractivity contribution in [3.8, 4) is 6.07 Å². The largest absolute Gasteiger partial charge is 0.352 e. The highest BCUT2D eigenvalue weighted by molar-refractivity contribution is 7.89. The topological polar surface area (TPSA) is 128 Å². The Morgan fingerprint density at radius 1 is 1.11 bits per heavy atom. The highest BCUT2D eigenvalue weighted by Gasteiger charge is 2.14. The third-order valence-corrected chi connectivity index (χ3v) is 5.52. The molecular weight excluding hydrogens is 378 g/mol. The van der Waals surface area contributed by atoms with E-state index in [1.807, 2.05) is 30.3 Å². The number of carbonyl (C=O) groups is 1. The maximum absolute atomic E-state index is 12.2. The summed E-state index contributed by atoms with van der Waals surface area (Å²) in [4.78, 5) is 19.9. The molecule has 1 amide bonds. The number of amides is 1. The molecule has 0 spiro atoms. The van der Waals surface area contributed by atoms with Crippen molar-refractivity contribution in [2.75, 3.05) is 13.1 Å². The Morgan fingerprint density at radius 3 is 2.57 bits per heavy atom. The fraction of sp³-hybridized carbons (Fsp3) is 0.211. The third kappa shape index (κ3) is 4.73. The lowest BCUT2D eigenvalue weighted by molar-refractivity contribution is 0.0954. The molecule has 0 bridgehead atoms. The molecule has 1 aromatic heterocycles. The van der Waals surface area contributed by atoms with E-state index in [0.29, 0.717) is 18.5 Å². The average Bonchev–Trinajstić information content (AvgIpc) is 3.11. The zero-order valence-corrected chi connectivity index (χ0v) is 15.8. The van der Waals surface area contributed by atoms with Crippen molar-refractivity contribution in [2.24, 2.45) is 0 Å². The van der Waals surface area contributed by atoms with Crippen molar-refractivity contribution >= 4 is 27.0 Å². The monoisotopic (exact) mass is 397 g/mol. The summed E-state index contributed by atoms with van der Waals surface area (Å²) >= 11 is 0. The van der Waals surface area contributed by atoms with Gasteiger partial charge in [-0.1, -0.05) is 12.1 Å². The smallest absolute Gasteiger partial charge is 0.251 e. The molecule has 0 fully saturated rings. The van der Waals surface area contributed by atoms with E-state index in [9.17, 15) is 13.2 Å². The van der Waals surface area contributed by atoms with Crippen LogP contribution in [0.2, 0.25) is 0 Å². The molecule has 8 nitrogen and oxygen atoms in total. The second kappa shape index (κ2) is 8.65. The summed E-state index contributed by atoms with van der Waals surface area (Å²) in [6.07, 6.45) is 0.640. The Hall–Kier alpha value is -3.22. The maximum Gasteiger partial charge on any atom is 0.251 e. The third-order valence-electron chi connectivity index (χ3n) is 4.04. The Labute approximate surface area is 162 Å². The molecule has 0 atom stereocenters. The van der Waals surface area contributed by atoms with Crippen LogP contribution >= 0.6 is 0 Å². The zero-order chi connectivity index (χ0) is 20.0. The normalized spacial score (nSPS) is 11.2. The number of nitriles is 1. The Kier molecular flexibility index (Phi) is 6.03. The summed E-state index contributed by atoms with van der Waals surface area (Å²) in [7, 11) is -3.69. The molecule has 3 aromatic rings. The van der Waals surface area contributed by atoms with Gasteiger partial charge in [0.05, 0.1) is 22.0 Å². The van der Waals surface area contributed by atoms with Crippen LogP contribution in [0.1, 0.15) is 22.6 Å². The van der Waals surface area contributed by atoms with Gasteiger partial charge in [-0.25, -0.2) is 18.1 Å². The molecule has 0 aliphatic carbocycles. The van der Waals surface area contributed by atoms with Crippen LogP contribution in [0.3, 0.4) is 0 Å². The van der Waals surface area contributed by atoms with Gasteiger partial charge in [-0.2, -0.15) is 5.26 Å². The number of sulfonamides is 1. The van der Waals surface area contributed by atoms with Crippen molar-refractivity contribution in [2.45, 2.75) is 17.7 Å². The number of hydrogen-bond acceptors (Lipinski definition) is 5. The number of nitrogens with one attached hydrogen (secondary N) is 3. The lowest BCUT2D eigenvalue weighted by Crippen LogP contribution is -2.26. The van der Waals surface area contributed by atoms with E-state index in [1.165, 1.54) is 24.3 Å². The molecule has 0 saturated heterocycles. The molecule has 0 radical (unpaired) electrons. The van der Waals surface area contributed by atoms with Crippen LogP contribution in [0.4, 0.5) is 0 Å². The van der Waals surface area contributed by atoms with Crippen molar-refractivity contribution in [1.29, 1.82) is 5.26 Å². The number of hydrogen-bond donors (Lipinski definition) is 3. The molecule has 28 heavy (non-hydrogen) atoms. The molecule has 0 aliphatic rings. The fourth-order valence-electron chi connectivity index (χ4n) is 2.63. The molecule has 9 heteroatoms. The van der Waals surface area contributed by atoms with Gasteiger partial charge in [0, 0.05) is 31.5 Å². The molecule has 3 N–H and O–H groups in total. The number of para-hydroxylation sites is 2. The summed E-state index contributed by atoms with van der Waals surface area (Å²) in [5, 5.41) is 11.3. The maximum atomic E-state index is 12.2. The van der Waals surface area contributed by atoms with Crippen LogP contribution < -0.4 is 10.0 Å². The standard InChI is InChI=1S/C19H19N5O3S/c20-11-3-12-22-28(26,27)15-8-6-14(7-9-15)19(25)21-13-10-18-23-16-4-1-2-5-17(16)24-18/h1-2,4-9,22H,3,10,12-13H2,(H,21,25)(H,23,24). The molecule has 0 saturated carbocycles. The van der Waals surface area contributed by atoms with Gasteiger partial charge >= 0.3 is 0 Å². The van der Waals surface area contributed by atoms with Gasteiger partial charge in [0.2, 0.25) is 10.0 Å². The van der Waals surface area contributed by atoms with Gasteiger partial charge in [0.15, 0.2) is 0 Å². The van der Waals surface area contributed by atoms with Crippen molar-refractivity contribution < 1.29 is 13.2 Å². The van der Waals surface area contributed by atoms with E-state index in [2.05, 4.69) is 20.0 Å². The van der Waals surface area contributed by atoms with Crippen LogP contribution in [0.25, 0.3) is 11.0 Å². The number of benzene rings is 2. The zero-order valence-electron chi connectivity index (χ0n) is 15.0. The summed E-state index contributed by atoms with van der Waals surface area (Å²) < 4.78 is 26.4. The Morgan fingerprint density at radius 2 is 1.86 bits per heavy atom. The molecule has 1 heterocycles. The van der Waals surface area contributed by atoms with Crippen LogP contribution in [0, 0.1) is 11.3 Å². The lowest BCUT2D eigenvalue weighted by Gasteiger charge is -2.07. The van der Waals surface area contributed by atoms with E-state index >= 15 is 0 Å². The SMILES string of the molecule is N#CCCNS(=O)(=O)c1ccc(C(=O)NCCc2nc3ccccc3[nH]2)cc1. The number of H-pyrrole nitrogens is 1. The fourth-order valence-corrected chi connectivity index (χ4v) is 3.66. The number of aromatic nitrogens is 2.